The van der Waals surface area contributed by atoms with Gasteiger partial charge in [0.2, 0.25) is 0 Å². The van der Waals surface area contributed by atoms with Gasteiger partial charge in [-0.2, -0.15) is 0 Å². The largest absolute Gasteiger partial charge is 0.265 e. The number of hydrogen-bond donors (Lipinski definition) is 0. The van der Waals surface area contributed by atoms with Gasteiger partial charge in [0.1, 0.15) is 0 Å². The van der Waals surface area contributed by atoms with E-state index in [4.69, 9.17) is 9.97 Å². The number of benzene rings is 7. The molecule has 0 bridgehead atoms. The predicted molar refractivity (Wildman–Crippen MR) is 214 cm³/mol. The number of rotatable bonds is 6. The fourth-order valence-electron chi connectivity index (χ4n) is 7.57. The molecule has 1 aliphatic rings. The van der Waals surface area contributed by atoms with Crippen LogP contribution in [0.25, 0.3) is 100 Å². The molecule has 9 aromatic rings. The lowest BCUT2D eigenvalue weighted by molar-refractivity contribution is 1.18. The first-order valence-electron chi connectivity index (χ1n) is 17.6. The molecule has 0 saturated heterocycles. The Morgan fingerprint density at radius 1 is 0.288 bits per heavy atom. The first-order valence-corrected chi connectivity index (χ1v) is 17.6. The van der Waals surface area contributed by atoms with Crippen molar-refractivity contribution in [3.05, 3.63) is 188 Å². The van der Waals surface area contributed by atoms with Crippen molar-refractivity contribution in [1.82, 2.24) is 15.0 Å². The zero-order chi connectivity index (χ0) is 34.4. The van der Waals surface area contributed by atoms with E-state index in [2.05, 4.69) is 151 Å². The average Bonchev–Trinajstić information content (AvgIpc) is 3.56. The summed E-state index contributed by atoms with van der Waals surface area (Å²) in [5.41, 5.74) is 17.2. The van der Waals surface area contributed by atoms with E-state index in [0.717, 1.165) is 44.8 Å². The van der Waals surface area contributed by atoms with Crippen molar-refractivity contribution >= 4 is 10.8 Å². The molecule has 242 valence electrons. The summed E-state index contributed by atoms with van der Waals surface area (Å²) in [5.74, 6) is 0.706. The van der Waals surface area contributed by atoms with Gasteiger partial charge >= 0.3 is 0 Å². The minimum absolute atomic E-state index is 0.706. The van der Waals surface area contributed by atoms with Crippen molar-refractivity contribution < 1.29 is 0 Å². The Kier molecular flexibility index (Phi) is 7.14. The Bertz CT molecular complexity index is 2710. The Labute approximate surface area is 302 Å². The van der Waals surface area contributed by atoms with Crippen LogP contribution in [0.3, 0.4) is 0 Å². The van der Waals surface area contributed by atoms with Crippen LogP contribution in [0.5, 0.6) is 0 Å². The van der Waals surface area contributed by atoms with E-state index in [9.17, 15) is 0 Å². The smallest absolute Gasteiger partial charge is 0.160 e. The second-order valence-corrected chi connectivity index (χ2v) is 13.2. The van der Waals surface area contributed by atoms with E-state index in [0.29, 0.717) is 5.82 Å². The number of pyridine rings is 1. The Hall–Kier alpha value is -6.97. The summed E-state index contributed by atoms with van der Waals surface area (Å²) < 4.78 is 0. The quantitative estimate of drug-likeness (QED) is 0.178. The molecule has 0 N–H and O–H groups in total. The van der Waals surface area contributed by atoms with E-state index in [1.807, 2.05) is 42.7 Å². The van der Waals surface area contributed by atoms with Crippen LogP contribution in [0.2, 0.25) is 0 Å². The third kappa shape index (κ3) is 5.19. The molecule has 0 fully saturated rings. The zero-order valence-corrected chi connectivity index (χ0v) is 28.2. The van der Waals surface area contributed by atoms with Crippen LogP contribution >= 0.6 is 0 Å². The SMILES string of the molecule is c1ccc(-c2nc(-c3ccc(-c4ccncc4)cc3)cc(-c3ccc(-c4ccc(-c5ccc6c7c(cccc57)-c5ccccc5-6)cc4)cc3)n2)cc1. The minimum Gasteiger partial charge on any atom is -0.265 e. The Morgan fingerprint density at radius 2 is 0.750 bits per heavy atom. The summed E-state index contributed by atoms with van der Waals surface area (Å²) >= 11 is 0. The second-order valence-electron chi connectivity index (χ2n) is 13.2. The summed E-state index contributed by atoms with van der Waals surface area (Å²) in [6, 6.07) is 62.5. The normalized spacial score (nSPS) is 11.5. The molecule has 3 nitrogen and oxygen atoms in total. The van der Waals surface area contributed by atoms with Gasteiger partial charge in [0.25, 0.3) is 0 Å². The number of fused-ring (bicyclic) bond motifs is 3. The van der Waals surface area contributed by atoms with E-state index in [-0.39, 0.29) is 0 Å². The van der Waals surface area contributed by atoms with Crippen LogP contribution in [-0.2, 0) is 0 Å². The van der Waals surface area contributed by atoms with Gasteiger partial charge in [-0.25, -0.2) is 9.97 Å². The summed E-state index contributed by atoms with van der Waals surface area (Å²) in [6.07, 6.45) is 3.64. The lowest BCUT2D eigenvalue weighted by atomic mass is 9.93. The van der Waals surface area contributed by atoms with Gasteiger partial charge < -0.3 is 0 Å². The van der Waals surface area contributed by atoms with E-state index in [1.54, 1.807) is 0 Å². The second kappa shape index (κ2) is 12.4. The van der Waals surface area contributed by atoms with Crippen LogP contribution in [-0.4, -0.2) is 15.0 Å². The van der Waals surface area contributed by atoms with Gasteiger partial charge in [0, 0.05) is 29.1 Å². The molecule has 0 amide bonds. The molecule has 1 aliphatic carbocycles. The average molecular weight is 662 g/mol. The molecule has 2 aromatic heterocycles. The Balaban J connectivity index is 0.966. The third-order valence-electron chi connectivity index (χ3n) is 10.2. The van der Waals surface area contributed by atoms with Crippen molar-refractivity contribution in [2.75, 3.05) is 0 Å². The molecule has 0 atom stereocenters. The maximum Gasteiger partial charge on any atom is 0.160 e. The maximum atomic E-state index is 5.05. The Morgan fingerprint density at radius 3 is 1.35 bits per heavy atom. The van der Waals surface area contributed by atoms with E-state index >= 15 is 0 Å². The molecule has 7 aromatic carbocycles. The third-order valence-corrected chi connectivity index (χ3v) is 10.2. The van der Waals surface area contributed by atoms with Gasteiger partial charge in [-0.15, -0.1) is 0 Å². The summed E-state index contributed by atoms with van der Waals surface area (Å²) in [5, 5.41) is 2.65. The number of hydrogen-bond acceptors (Lipinski definition) is 3. The van der Waals surface area contributed by atoms with Crippen LogP contribution in [0.1, 0.15) is 0 Å². The topological polar surface area (TPSA) is 38.7 Å². The van der Waals surface area contributed by atoms with Gasteiger partial charge in [0.05, 0.1) is 11.4 Å². The van der Waals surface area contributed by atoms with Crippen molar-refractivity contribution in [2.45, 2.75) is 0 Å². The molecule has 52 heavy (non-hydrogen) atoms. The summed E-state index contributed by atoms with van der Waals surface area (Å²) in [6.45, 7) is 0. The lowest BCUT2D eigenvalue weighted by Gasteiger charge is -2.12. The van der Waals surface area contributed by atoms with Gasteiger partial charge in [0.15, 0.2) is 5.82 Å². The van der Waals surface area contributed by atoms with Crippen LogP contribution < -0.4 is 0 Å². The number of aromatic nitrogens is 3. The van der Waals surface area contributed by atoms with E-state index in [1.165, 1.54) is 49.7 Å². The zero-order valence-electron chi connectivity index (χ0n) is 28.2. The summed E-state index contributed by atoms with van der Waals surface area (Å²) in [7, 11) is 0. The molecular weight excluding hydrogens is 631 g/mol. The maximum absolute atomic E-state index is 5.05. The highest BCUT2D eigenvalue weighted by Gasteiger charge is 2.22. The van der Waals surface area contributed by atoms with Crippen molar-refractivity contribution in [3.63, 3.8) is 0 Å². The monoisotopic (exact) mass is 661 g/mol. The van der Waals surface area contributed by atoms with Crippen LogP contribution in [0.4, 0.5) is 0 Å². The molecule has 0 aliphatic heterocycles. The number of nitrogens with zero attached hydrogens (tertiary/aromatic N) is 3. The van der Waals surface area contributed by atoms with Gasteiger partial charge in [-0.1, -0.05) is 158 Å². The first kappa shape index (κ1) is 29.9. The minimum atomic E-state index is 0.706. The highest BCUT2D eigenvalue weighted by molar-refractivity contribution is 6.18. The fourth-order valence-corrected chi connectivity index (χ4v) is 7.57. The van der Waals surface area contributed by atoms with E-state index < -0.39 is 0 Å². The van der Waals surface area contributed by atoms with Gasteiger partial charge in [-0.05, 0) is 84.6 Å². The van der Waals surface area contributed by atoms with Gasteiger partial charge in [-0.3, -0.25) is 4.98 Å². The standard InChI is InChI=1S/C49H31N3/c1-2-7-39(8-3-1)49-51-46(31-47(52-49)38-23-17-34(18-24-38)35-27-29-50-30-28-35)37-21-15-33(16-22-37)32-13-19-36(20-14-32)40-25-26-45-42-10-5-4-9-41(42)44-12-6-11-43(40)48(44)45/h1-31H. The molecule has 2 heterocycles. The highest BCUT2D eigenvalue weighted by Crippen LogP contribution is 2.49. The molecule has 0 saturated carbocycles. The molecule has 10 rings (SSSR count). The van der Waals surface area contributed by atoms with Crippen molar-refractivity contribution in [2.24, 2.45) is 0 Å². The molecule has 3 heteroatoms. The van der Waals surface area contributed by atoms with Crippen molar-refractivity contribution in [3.8, 4) is 89.5 Å². The lowest BCUT2D eigenvalue weighted by Crippen LogP contribution is -1.96. The molecular formula is C49H31N3. The van der Waals surface area contributed by atoms with Crippen LogP contribution in [0, 0.1) is 0 Å². The van der Waals surface area contributed by atoms with Crippen molar-refractivity contribution in [1.29, 1.82) is 0 Å². The first-order chi connectivity index (χ1) is 25.8. The predicted octanol–water partition coefficient (Wildman–Crippen LogP) is 12.7. The molecule has 0 spiro atoms. The molecule has 0 radical (unpaired) electrons. The summed E-state index contributed by atoms with van der Waals surface area (Å²) in [4.78, 5) is 14.2. The highest BCUT2D eigenvalue weighted by atomic mass is 14.9. The van der Waals surface area contributed by atoms with Crippen LogP contribution in [0.15, 0.2) is 188 Å². The fraction of sp³-hybridized carbons (Fsp3) is 0. The molecule has 0 unspecified atom stereocenters.